The van der Waals surface area contributed by atoms with Crippen molar-refractivity contribution in [3.05, 3.63) is 0 Å². The molecule has 2 rings (SSSR count). The van der Waals surface area contributed by atoms with Crippen LogP contribution in [0.3, 0.4) is 0 Å². The van der Waals surface area contributed by atoms with E-state index in [-0.39, 0.29) is 0 Å². The van der Waals surface area contributed by atoms with Crippen LogP contribution in [-0.2, 0) is 0 Å². The highest BCUT2D eigenvalue weighted by Gasteiger charge is 2.36. The van der Waals surface area contributed by atoms with E-state index in [4.69, 9.17) is 0 Å². The predicted molar refractivity (Wildman–Crippen MR) is 89.0 cm³/mol. The van der Waals surface area contributed by atoms with Crippen LogP contribution in [0.15, 0.2) is 0 Å². The van der Waals surface area contributed by atoms with Crippen molar-refractivity contribution >= 4 is 0 Å². The minimum Gasteiger partial charge on any atom is -0.311 e. The molecule has 2 fully saturated rings. The predicted octanol–water partition coefficient (Wildman–Crippen LogP) is 5.54. The van der Waals surface area contributed by atoms with Gasteiger partial charge in [-0.15, -0.1) is 0 Å². The normalized spacial score (nSPS) is 35.2. The van der Waals surface area contributed by atoms with Crippen molar-refractivity contribution in [2.24, 2.45) is 16.7 Å². The zero-order valence-corrected chi connectivity index (χ0v) is 14.6. The molecule has 0 aromatic rings. The van der Waals surface area contributed by atoms with Gasteiger partial charge in [-0.3, -0.25) is 0 Å². The van der Waals surface area contributed by atoms with E-state index in [0.29, 0.717) is 10.8 Å². The maximum atomic E-state index is 4.05. The zero-order chi connectivity index (χ0) is 14.8. The maximum Gasteiger partial charge on any atom is 0.00774 e. The van der Waals surface area contributed by atoms with Gasteiger partial charge in [0.15, 0.2) is 0 Å². The molecule has 0 radical (unpaired) electrons. The largest absolute Gasteiger partial charge is 0.311 e. The molecular weight excluding hydrogens is 242 g/mol. The molecule has 1 N–H and O–H groups in total. The average molecular weight is 280 g/mol. The first-order valence-corrected chi connectivity index (χ1v) is 9.05. The van der Waals surface area contributed by atoms with E-state index in [1.165, 1.54) is 57.8 Å². The van der Waals surface area contributed by atoms with Gasteiger partial charge in [0.2, 0.25) is 0 Å². The van der Waals surface area contributed by atoms with Crippen LogP contribution in [0, 0.1) is 16.7 Å². The molecule has 2 aliphatic carbocycles. The lowest BCUT2D eigenvalue weighted by molar-refractivity contribution is 0.0986. The molecule has 0 aromatic carbocycles. The first kappa shape index (κ1) is 16.3. The minimum absolute atomic E-state index is 0.504. The Morgan fingerprint density at radius 2 is 1.50 bits per heavy atom. The van der Waals surface area contributed by atoms with Gasteiger partial charge < -0.3 is 5.32 Å². The molecule has 118 valence electrons. The minimum atomic E-state index is 0.504. The van der Waals surface area contributed by atoms with Crippen LogP contribution in [0.2, 0.25) is 0 Å². The SMILES string of the molecule is CC1CC(NC2CCCCC2)CC(C)(C)CCC1(C)C. The van der Waals surface area contributed by atoms with Crippen molar-refractivity contribution in [2.45, 2.75) is 104 Å². The molecule has 2 saturated carbocycles. The van der Waals surface area contributed by atoms with Gasteiger partial charge in [0.1, 0.15) is 0 Å². The molecule has 0 heterocycles. The molecule has 2 atom stereocenters. The molecule has 0 spiro atoms. The summed E-state index contributed by atoms with van der Waals surface area (Å²) in [5.74, 6) is 0.833. The molecule has 1 heteroatoms. The van der Waals surface area contributed by atoms with Gasteiger partial charge in [-0.1, -0.05) is 53.9 Å². The Balaban J connectivity index is 2.00. The van der Waals surface area contributed by atoms with E-state index in [1.807, 2.05) is 0 Å². The van der Waals surface area contributed by atoms with E-state index < -0.39 is 0 Å². The Labute approximate surface area is 127 Å². The first-order valence-electron chi connectivity index (χ1n) is 9.05. The van der Waals surface area contributed by atoms with E-state index >= 15 is 0 Å². The lowest BCUT2D eigenvalue weighted by Crippen LogP contribution is -2.45. The van der Waals surface area contributed by atoms with Crippen LogP contribution in [0.4, 0.5) is 0 Å². The molecule has 0 amide bonds. The highest BCUT2D eigenvalue weighted by atomic mass is 15.0. The summed E-state index contributed by atoms with van der Waals surface area (Å²) in [6.07, 6.45) is 12.7. The lowest BCUT2D eigenvalue weighted by atomic mass is 9.65. The Morgan fingerprint density at radius 1 is 0.850 bits per heavy atom. The molecule has 0 bridgehead atoms. The third-order valence-corrected chi connectivity index (χ3v) is 6.29. The van der Waals surface area contributed by atoms with Gasteiger partial charge >= 0.3 is 0 Å². The van der Waals surface area contributed by atoms with Crippen LogP contribution in [0.5, 0.6) is 0 Å². The molecule has 0 saturated heterocycles. The van der Waals surface area contributed by atoms with Crippen LogP contribution >= 0.6 is 0 Å². The lowest BCUT2D eigenvalue weighted by Gasteiger charge is -2.43. The summed E-state index contributed by atoms with van der Waals surface area (Å²) in [5.41, 5.74) is 1.01. The van der Waals surface area contributed by atoms with E-state index in [0.717, 1.165) is 18.0 Å². The Morgan fingerprint density at radius 3 is 2.15 bits per heavy atom. The number of nitrogens with one attached hydrogen (secondary N) is 1. The summed E-state index contributed by atoms with van der Waals surface area (Å²) < 4.78 is 0. The monoisotopic (exact) mass is 279 g/mol. The van der Waals surface area contributed by atoms with Crippen LogP contribution < -0.4 is 5.32 Å². The molecule has 0 aromatic heterocycles. The molecule has 2 aliphatic rings. The Bertz CT molecular complexity index is 299. The van der Waals surface area contributed by atoms with Crippen molar-refractivity contribution in [2.75, 3.05) is 0 Å². The van der Waals surface area contributed by atoms with Crippen LogP contribution in [-0.4, -0.2) is 12.1 Å². The van der Waals surface area contributed by atoms with E-state index in [1.54, 1.807) is 0 Å². The van der Waals surface area contributed by atoms with Crippen LogP contribution in [0.1, 0.15) is 92.4 Å². The standard InChI is InChI=1S/C19H37N/c1-15-13-17(20-16-9-7-6-8-10-16)14-18(2,3)11-12-19(15,4)5/h15-17,20H,6-14H2,1-5H3. The van der Waals surface area contributed by atoms with Gasteiger partial charge in [-0.2, -0.15) is 0 Å². The number of rotatable bonds is 2. The van der Waals surface area contributed by atoms with Crippen molar-refractivity contribution in [3.8, 4) is 0 Å². The smallest absolute Gasteiger partial charge is 0.00774 e. The van der Waals surface area contributed by atoms with Crippen molar-refractivity contribution < 1.29 is 0 Å². The Kier molecular flexibility index (Phi) is 5.21. The topological polar surface area (TPSA) is 12.0 Å². The summed E-state index contributed by atoms with van der Waals surface area (Å²) in [6.45, 7) is 12.4. The second-order valence-electron chi connectivity index (χ2n) is 9.19. The fraction of sp³-hybridized carbons (Fsp3) is 1.00. The van der Waals surface area contributed by atoms with Gasteiger partial charge in [0.25, 0.3) is 0 Å². The van der Waals surface area contributed by atoms with E-state index in [9.17, 15) is 0 Å². The summed E-state index contributed by atoms with van der Waals surface area (Å²) in [6, 6.07) is 1.54. The summed E-state index contributed by atoms with van der Waals surface area (Å²) >= 11 is 0. The summed E-state index contributed by atoms with van der Waals surface area (Å²) in [7, 11) is 0. The molecule has 1 nitrogen and oxygen atoms in total. The third kappa shape index (κ3) is 4.48. The summed E-state index contributed by atoms with van der Waals surface area (Å²) in [5, 5.41) is 4.05. The van der Waals surface area contributed by atoms with Gasteiger partial charge in [0, 0.05) is 12.1 Å². The maximum absolute atomic E-state index is 4.05. The summed E-state index contributed by atoms with van der Waals surface area (Å²) in [4.78, 5) is 0. The van der Waals surface area contributed by atoms with Gasteiger partial charge in [-0.05, 0) is 55.3 Å². The fourth-order valence-corrected chi connectivity index (χ4v) is 4.23. The highest BCUT2D eigenvalue weighted by molar-refractivity contribution is 4.90. The average Bonchev–Trinajstić information content (AvgIpc) is 2.36. The third-order valence-electron chi connectivity index (χ3n) is 6.29. The molecule has 0 aliphatic heterocycles. The van der Waals surface area contributed by atoms with Gasteiger partial charge in [0.05, 0.1) is 0 Å². The molecule has 20 heavy (non-hydrogen) atoms. The molecule has 2 unspecified atom stereocenters. The van der Waals surface area contributed by atoms with Crippen molar-refractivity contribution in [3.63, 3.8) is 0 Å². The van der Waals surface area contributed by atoms with Gasteiger partial charge in [-0.25, -0.2) is 0 Å². The van der Waals surface area contributed by atoms with Crippen molar-refractivity contribution in [1.82, 2.24) is 5.32 Å². The Hall–Kier alpha value is -0.0400. The van der Waals surface area contributed by atoms with Crippen LogP contribution in [0.25, 0.3) is 0 Å². The number of hydrogen-bond acceptors (Lipinski definition) is 1. The second kappa shape index (κ2) is 6.38. The second-order valence-corrected chi connectivity index (χ2v) is 9.19. The molecular formula is C19H37N. The highest BCUT2D eigenvalue weighted by Crippen LogP contribution is 2.43. The quantitative estimate of drug-likeness (QED) is 0.700. The zero-order valence-electron chi connectivity index (χ0n) is 14.6. The van der Waals surface area contributed by atoms with E-state index in [2.05, 4.69) is 39.9 Å². The first-order chi connectivity index (χ1) is 9.28. The van der Waals surface area contributed by atoms with Crippen molar-refractivity contribution in [1.29, 1.82) is 0 Å². The number of hydrogen-bond donors (Lipinski definition) is 1. The fourth-order valence-electron chi connectivity index (χ4n) is 4.23.